The summed E-state index contributed by atoms with van der Waals surface area (Å²) in [4.78, 5) is 5.95. The first-order chi connectivity index (χ1) is 21.3. The quantitative estimate of drug-likeness (QED) is 0.160. The lowest BCUT2D eigenvalue weighted by Crippen LogP contribution is -2.46. The number of aliphatic hydroxyl groups is 1. The summed E-state index contributed by atoms with van der Waals surface area (Å²) >= 11 is 3.69. The Morgan fingerprint density at radius 2 is 1.82 bits per heavy atom. The van der Waals surface area contributed by atoms with Gasteiger partial charge < -0.3 is 30.2 Å². The number of para-hydroxylation sites is 1. The number of hydrogen-bond donors (Lipinski definition) is 3. The number of rotatable bonds is 8. The lowest BCUT2D eigenvalue weighted by atomic mass is 9.90. The standard InChI is InChI=1S/C34H35BrFN5O3/c1-20-15-23(9-10-30(20)44-31-8-3-2-7-27(31)36)41-34(37)25(19-38-41)33(42)29-16-21-17-32(26(35)18-28(21)39-29)43-24-11-13-40(14-12-24)22-5-4-6-22/h2-3,7-10,15-19,22,24,33,39,42H,4-6,11-14,37H2,1H3. The number of likely N-dealkylation sites (tertiary alicyclic amines) is 1. The average molecular weight is 661 g/mol. The van der Waals surface area contributed by atoms with Crippen LogP contribution in [-0.2, 0) is 0 Å². The Bertz CT molecular complexity index is 1810. The highest BCUT2D eigenvalue weighted by molar-refractivity contribution is 9.10. The zero-order valence-electron chi connectivity index (χ0n) is 24.5. The summed E-state index contributed by atoms with van der Waals surface area (Å²) in [6, 6.07) is 18.4. The zero-order valence-corrected chi connectivity index (χ0v) is 26.1. The molecule has 2 aromatic heterocycles. The second kappa shape index (κ2) is 11.9. The minimum atomic E-state index is -1.01. The first kappa shape index (κ1) is 28.9. The van der Waals surface area contributed by atoms with E-state index in [4.69, 9.17) is 15.2 Å². The van der Waals surface area contributed by atoms with Gasteiger partial charge in [0, 0.05) is 41.3 Å². The predicted octanol–water partition coefficient (Wildman–Crippen LogP) is 7.42. The number of ether oxygens (including phenoxy) is 2. The topological polar surface area (TPSA) is 102 Å². The fraction of sp³-hybridized carbons (Fsp3) is 0.324. The minimum absolute atomic E-state index is 0.154. The van der Waals surface area contributed by atoms with E-state index in [1.807, 2.05) is 31.2 Å². The van der Waals surface area contributed by atoms with Gasteiger partial charge in [-0.05, 0) is 103 Å². The molecule has 1 aliphatic heterocycles. The van der Waals surface area contributed by atoms with Gasteiger partial charge in [0.25, 0.3) is 0 Å². The van der Waals surface area contributed by atoms with E-state index in [1.165, 1.54) is 25.3 Å². The molecule has 0 spiro atoms. The van der Waals surface area contributed by atoms with Crippen LogP contribution in [0.4, 0.5) is 10.2 Å². The third-order valence-electron chi connectivity index (χ3n) is 8.94. The number of aromatic amines is 1. The van der Waals surface area contributed by atoms with E-state index in [-0.39, 0.29) is 11.9 Å². The number of piperidine rings is 1. The third-order valence-corrected chi connectivity index (χ3v) is 9.56. The summed E-state index contributed by atoms with van der Waals surface area (Å²) in [5.74, 6) is 1.37. The lowest BCUT2D eigenvalue weighted by molar-refractivity contribution is 0.0491. The van der Waals surface area contributed by atoms with Crippen molar-refractivity contribution in [2.45, 2.75) is 57.3 Å². The van der Waals surface area contributed by atoms with E-state index < -0.39 is 11.9 Å². The summed E-state index contributed by atoms with van der Waals surface area (Å²) in [5, 5.41) is 16.8. The second-order valence-corrected chi connectivity index (χ2v) is 12.7. The van der Waals surface area contributed by atoms with E-state index in [2.05, 4.69) is 30.9 Å². The molecule has 1 saturated carbocycles. The molecule has 10 heteroatoms. The maximum atomic E-state index is 14.1. The number of nitrogens with zero attached hydrogens (tertiary/aromatic N) is 3. The van der Waals surface area contributed by atoms with Gasteiger partial charge in [0.15, 0.2) is 11.6 Å². The number of aromatic nitrogens is 3. The summed E-state index contributed by atoms with van der Waals surface area (Å²) in [6.45, 7) is 4.06. The second-order valence-electron chi connectivity index (χ2n) is 11.8. The van der Waals surface area contributed by atoms with Gasteiger partial charge in [0.05, 0.1) is 16.4 Å². The Balaban J connectivity index is 1.07. The predicted molar refractivity (Wildman–Crippen MR) is 172 cm³/mol. The van der Waals surface area contributed by atoms with Crippen molar-refractivity contribution in [2.75, 3.05) is 18.8 Å². The molecule has 2 fully saturated rings. The van der Waals surface area contributed by atoms with E-state index in [1.54, 1.807) is 41.2 Å². The number of nitrogen functional groups attached to an aromatic ring is 1. The van der Waals surface area contributed by atoms with Crippen molar-refractivity contribution >= 4 is 32.7 Å². The number of aliphatic hydroxyl groups excluding tert-OH is 1. The van der Waals surface area contributed by atoms with Crippen molar-refractivity contribution in [3.05, 3.63) is 94.0 Å². The zero-order chi connectivity index (χ0) is 30.4. The molecule has 0 radical (unpaired) electrons. The normalized spacial score (nSPS) is 17.1. The SMILES string of the molecule is Cc1cc(-n2ncc(C(O)c3cc4cc(OC5CCN(C6CCC6)CC5)c(Br)cc4[nH]3)c2N)ccc1Oc1ccccc1F. The lowest BCUT2D eigenvalue weighted by Gasteiger charge is -2.41. The van der Waals surface area contributed by atoms with Crippen molar-refractivity contribution < 1.29 is 19.0 Å². The molecule has 0 bridgehead atoms. The van der Waals surface area contributed by atoms with E-state index >= 15 is 0 Å². The average Bonchev–Trinajstić information content (AvgIpc) is 3.58. The molecule has 1 aliphatic carbocycles. The van der Waals surface area contributed by atoms with Crippen LogP contribution in [0, 0.1) is 12.7 Å². The van der Waals surface area contributed by atoms with Gasteiger partial charge in [-0.2, -0.15) is 5.10 Å². The van der Waals surface area contributed by atoms with Crippen molar-refractivity contribution in [1.82, 2.24) is 19.7 Å². The first-order valence-electron chi connectivity index (χ1n) is 15.1. The molecule has 1 saturated heterocycles. The molecule has 44 heavy (non-hydrogen) atoms. The number of nitrogens with one attached hydrogen (secondary N) is 1. The number of benzene rings is 3. The third kappa shape index (κ3) is 5.58. The Morgan fingerprint density at radius 1 is 1.02 bits per heavy atom. The van der Waals surface area contributed by atoms with Crippen LogP contribution in [0.25, 0.3) is 16.6 Å². The minimum Gasteiger partial charge on any atom is -0.489 e. The molecule has 3 heterocycles. The van der Waals surface area contributed by atoms with E-state index in [9.17, 15) is 9.50 Å². The number of fused-ring (bicyclic) bond motifs is 1. The van der Waals surface area contributed by atoms with Crippen LogP contribution in [0.2, 0.25) is 0 Å². The molecule has 8 nitrogen and oxygen atoms in total. The largest absolute Gasteiger partial charge is 0.489 e. The van der Waals surface area contributed by atoms with Gasteiger partial charge in [-0.3, -0.25) is 0 Å². The number of nitrogens with two attached hydrogens (primary N) is 1. The molecule has 1 unspecified atom stereocenters. The number of halogens is 2. The van der Waals surface area contributed by atoms with E-state index in [0.29, 0.717) is 28.5 Å². The van der Waals surface area contributed by atoms with Gasteiger partial charge in [-0.25, -0.2) is 9.07 Å². The van der Waals surface area contributed by atoms with Gasteiger partial charge in [0.1, 0.15) is 29.5 Å². The summed E-state index contributed by atoms with van der Waals surface area (Å²) in [6.07, 6.45) is 6.85. The summed E-state index contributed by atoms with van der Waals surface area (Å²) in [5.41, 5.74) is 9.95. The van der Waals surface area contributed by atoms with Crippen molar-refractivity contribution in [1.29, 1.82) is 0 Å². The van der Waals surface area contributed by atoms with Gasteiger partial charge in [0.2, 0.25) is 0 Å². The molecule has 4 N–H and O–H groups in total. The number of anilines is 1. The van der Waals surface area contributed by atoms with Crippen LogP contribution in [0.3, 0.4) is 0 Å². The van der Waals surface area contributed by atoms with Crippen molar-refractivity contribution in [3.63, 3.8) is 0 Å². The van der Waals surface area contributed by atoms with Crippen LogP contribution in [-0.4, -0.2) is 50.0 Å². The number of aryl methyl sites for hydroxylation is 1. The van der Waals surface area contributed by atoms with Gasteiger partial charge in [-0.15, -0.1) is 0 Å². The van der Waals surface area contributed by atoms with Crippen LogP contribution in [0.15, 0.2) is 71.3 Å². The Hall–Kier alpha value is -3.86. The Kier molecular flexibility index (Phi) is 7.82. The summed E-state index contributed by atoms with van der Waals surface area (Å²) in [7, 11) is 0. The fourth-order valence-corrected chi connectivity index (χ4v) is 6.60. The smallest absolute Gasteiger partial charge is 0.165 e. The molecule has 5 aromatic rings. The summed E-state index contributed by atoms with van der Waals surface area (Å²) < 4.78 is 28.7. The highest BCUT2D eigenvalue weighted by atomic mass is 79.9. The molecule has 0 amide bonds. The molecular weight excluding hydrogens is 625 g/mol. The number of hydrogen-bond acceptors (Lipinski definition) is 6. The maximum Gasteiger partial charge on any atom is 0.165 e. The van der Waals surface area contributed by atoms with Crippen LogP contribution in [0.1, 0.15) is 55.0 Å². The van der Waals surface area contributed by atoms with E-state index in [0.717, 1.165) is 58.7 Å². The molecule has 3 aromatic carbocycles. The highest BCUT2D eigenvalue weighted by Gasteiger charge is 2.30. The first-order valence-corrected chi connectivity index (χ1v) is 15.9. The molecule has 1 atom stereocenters. The number of H-pyrrole nitrogens is 1. The monoisotopic (exact) mass is 659 g/mol. The van der Waals surface area contributed by atoms with Crippen LogP contribution >= 0.6 is 15.9 Å². The van der Waals surface area contributed by atoms with Crippen LogP contribution < -0.4 is 15.2 Å². The van der Waals surface area contributed by atoms with Crippen LogP contribution in [0.5, 0.6) is 17.2 Å². The molecule has 7 rings (SSSR count). The maximum absolute atomic E-state index is 14.1. The molecular formula is C34H35BrFN5O3. The van der Waals surface area contributed by atoms with Crippen molar-refractivity contribution in [3.8, 4) is 22.9 Å². The molecule has 228 valence electrons. The van der Waals surface area contributed by atoms with Gasteiger partial charge >= 0.3 is 0 Å². The molecule has 2 aliphatic rings. The Labute approximate surface area is 263 Å². The van der Waals surface area contributed by atoms with Crippen molar-refractivity contribution in [2.24, 2.45) is 0 Å². The van der Waals surface area contributed by atoms with Gasteiger partial charge in [-0.1, -0.05) is 18.6 Å². The Morgan fingerprint density at radius 3 is 2.55 bits per heavy atom. The highest BCUT2D eigenvalue weighted by Crippen LogP contribution is 2.37. The fourth-order valence-electron chi connectivity index (χ4n) is 6.16.